The van der Waals surface area contributed by atoms with Gasteiger partial charge in [0.25, 0.3) is 0 Å². The number of carbonyl (C=O) groups excluding carboxylic acids is 1. The van der Waals surface area contributed by atoms with Crippen molar-refractivity contribution in [2.24, 2.45) is 0 Å². The third kappa shape index (κ3) is 4.56. The first kappa shape index (κ1) is 18.4. The van der Waals surface area contributed by atoms with Crippen LogP contribution in [-0.4, -0.2) is 20.1 Å². The van der Waals surface area contributed by atoms with Gasteiger partial charge >= 0.3 is 0 Å². The van der Waals surface area contributed by atoms with E-state index < -0.39 is 0 Å². The van der Waals surface area contributed by atoms with Gasteiger partial charge in [-0.2, -0.15) is 0 Å². The zero-order chi connectivity index (χ0) is 17.5. The molecule has 128 valence electrons. The number of halogens is 2. The first-order valence-electron chi connectivity index (χ1n) is 7.46. The minimum Gasteiger partial charge on any atom is -0.493 e. The van der Waals surface area contributed by atoms with Crippen LogP contribution in [0.4, 0.5) is 0 Å². The molecule has 24 heavy (non-hydrogen) atoms. The fraction of sp³-hybridized carbons (Fsp3) is 0.278. The molecule has 2 rings (SSSR count). The highest BCUT2D eigenvalue weighted by Gasteiger charge is 2.11. The Balaban J connectivity index is 1.93. The Hall–Kier alpha value is -1.91. The fourth-order valence-electron chi connectivity index (χ4n) is 2.36. The van der Waals surface area contributed by atoms with Crippen LogP contribution in [0.1, 0.15) is 17.5 Å². The SMILES string of the molecule is COc1cccc(CNC(=O)CCc2cccc(Cl)c2Cl)c1OC. The first-order chi connectivity index (χ1) is 11.6. The van der Waals surface area contributed by atoms with Gasteiger partial charge in [-0.1, -0.05) is 47.5 Å². The lowest BCUT2D eigenvalue weighted by Gasteiger charge is -2.13. The van der Waals surface area contributed by atoms with Crippen molar-refractivity contribution < 1.29 is 14.3 Å². The Bertz CT molecular complexity index is 719. The molecule has 1 N–H and O–H groups in total. The van der Waals surface area contributed by atoms with Gasteiger partial charge in [0.2, 0.25) is 5.91 Å². The summed E-state index contributed by atoms with van der Waals surface area (Å²) in [6, 6.07) is 11.0. The average molecular weight is 368 g/mol. The lowest BCUT2D eigenvalue weighted by molar-refractivity contribution is -0.121. The number of benzene rings is 2. The van der Waals surface area contributed by atoms with Gasteiger partial charge in [0.15, 0.2) is 11.5 Å². The fourth-order valence-corrected chi connectivity index (χ4v) is 2.78. The summed E-state index contributed by atoms with van der Waals surface area (Å²) in [6.07, 6.45) is 0.854. The standard InChI is InChI=1S/C18H19Cl2NO3/c1-23-15-8-4-6-13(18(15)24-2)11-21-16(22)10-9-12-5-3-7-14(19)17(12)20/h3-8H,9-11H2,1-2H3,(H,21,22). The lowest BCUT2D eigenvalue weighted by Crippen LogP contribution is -2.23. The van der Waals surface area contributed by atoms with Crippen LogP contribution in [0.3, 0.4) is 0 Å². The number of aryl methyl sites for hydroxylation is 1. The van der Waals surface area contributed by atoms with Gasteiger partial charge in [0.1, 0.15) is 0 Å². The Morgan fingerprint density at radius 2 is 1.75 bits per heavy atom. The molecule has 0 saturated carbocycles. The molecule has 0 saturated heterocycles. The number of amides is 1. The summed E-state index contributed by atoms with van der Waals surface area (Å²) in [5.74, 6) is 1.18. The van der Waals surface area contributed by atoms with Crippen LogP contribution in [0.15, 0.2) is 36.4 Å². The van der Waals surface area contributed by atoms with Crippen LogP contribution in [0.25, 0.3) is 0 Å². The molecule has 0 bridgehead atoms. The summed E-state index contributed by atoms with van der Waals surface area (Å²) < 4.78 is 10.6. The van der Waals surface area contributed by atoms with Crippen LogP contribution in [-0.2, 0) is 17.8 Å². The number of para-hydroxylation sites is 1. The minimum absolute atomic E-state index is 0.0732. The van der Waals surface area contributed by atoms with Crippen LogP contribution in [0.2, 0.25) is 10.0 Å². The maximum atomic E-state index is 12.1. The Labute approximate surface area is 151 Å². The van der Waals surface area contributed by atoms with Gasteiger partial charge in [-0.05, 0) is 24.1 Å². The molecular formula is C18H19Cl2NO3. The van der Waals surface area contributed by atoms with Gasteiger partial charge < -0.3 is 14.8 Å². The summed E-state index contributed by atoms with van der Waals surface area (Å²) in [7, 11) is 3.15. The van der Waals surface area contributed by atoms with Crippen molar-refractivity contribution in [3.05, 3.63) is 57.6 Å². The Morgan fingerprint density at radius 1 is 1.04 bits per heavy atom. The van der Waals surface area contributed by atoms with E-state index in [0.29, 0.717) is 40.9 Å². The van der Waals surface area contributed by atoms with Crippen molar-refractivity contribution in [2.45, 2.75) is 19.4 Å². The number of hydrogen-bond acceptors (Lipinski definition) is 3. The third-order valence-corrected chi connectivity index (χ3v) is 4.47. The van der Waals surface area contributed by atoms with Gasteiger partial charge in [-0.15, -0.1) is 0 Å². The highest BCUT2D eigenvalue weighted by atomic mass is 35.5. The van der Waals surface area contributed by atoms with Crippen molar-refractivity contribution in [3.63, 3.8) is 0 Å². The number of rotatable bonds is 7. The maximum Gasteiger partial charge on any atom is 0.220 e. The van der Waals surface area contributed by atoms with Crippen LogP contribution < -0.4 is 14.8 Å². The number of ether oxygens (including phenoxy) is 2. The van der Waals surface area contributed by atoms with Gasteiger partial charge in [-0.3, -0.25) is 4.79 Å². The predicted octanol–water partition coefficient (Wildman–Crippen LogP) is 4.26. The van der Waals surface area contributed by atoms with Crippen LogP contribution in [0.5, 0.6) is 11.5 Å². The molecule has 0 radical (unpaired) electrons. The van der Waals surface area contributed by atoms with E-state index >= 15 is 0 Å². The molecule has 0 heterocycles. The summed E-state index contributed by atoms with van der Waals surface area (Å²) in [5.41, 5.74) is 1.71. The summed E-state index contributed by atoms with van der Waals surface area (Å²) in [5, 5.41) is 3.88. The molecule has 2 aromatic rings. The van der Waals surface area contributed by atoms with E-state index in [1.807, 2.05) is 30.3 Å². The monoisotopic (exact) mass is 367 g/mol. The zero-order valence-electron chi connectivity index (χ0n) is 13.6. The molecule has 0 aliphatic carbocycles. The van der Waals surface area contributed by atoms with E-state index in [-0.39, 0.29) is 5.91 Å². The normalized spacial score (nSPS) is 10.3. The topological polar surface area (TPSA) is 47.6 Å². The summed E-state index contributed by atoms with van der Waals surface area (Å²) in [6.45, 7) is 0.364. The van der Waals surface area contributed by atoms with Crippen LogP contribution in [0, 0.1) is 0 Å². The molecule has 1 amide bonds. The van der Waals surface area contributed by atoms with Gasteiger partial charge in [0, 0.05) is 18.5 Å². The predicted molar refractivity (Wildman–Crippen MR) is 96.2 cm³/mol. The van der Waals surface area contributed by atoms with E-state index in [4.69, 9.17) is 32.7 Å². The molecular weight excluding hydrogens is 349 g/mol. The third-order valence-electron chi connectivity index (χ3n) is 3.61. The molecule has 0 spiro atoms. The van der Waals surface area contributed by atoms with Crippen molar-refractivity contribution in [1.29, 1.82) is 0 Å². The number of carbonyl (C=O) groups is 1. The van der Waals surface area contributed by atoms with E-state index in [2.05, 4.69) is 5.32 Å². The largest absolute Gasteiger partial charge is 0.493 e. The molecule has 6 heteroatoms. The molecule has 0 unspecified atom stereocenters. The van der Waals surface area contributed by atoms with Crippen molar-refractivity contribution >= 4 is 29.1 Å². The summed E-state index contributed by atoms with van der Waals surface area (Å²) in [4.78, 5) is 12.1. The summed E-state index contributed by atoms with van der Waals surface area (Å²) >= 11 is 12.1. The first-order valence-corrected chi connectivity index (χ1v) is 8.22. The average Bonchev–Trinajstić information content (AvgIpc) is 2.60. The lowest BCUT2D eigenvalue weighted by atomic mass is 10.1. The van der Waals surface area contributed by atoms with E-state index in [1.54, 1.807) is 20.3 Å². The molecule has 0 aliphatic heterocycles. The molecule has 0 atom stereocenters. The Kier molecular flexibility index (Phi) is 6.76. The second-order valence-corrected chi connectivity index (χ2v) is 5.93. The molecule has 0 fully saturated rings. The van der Waals surface area contributed by atoms with Crippen molar-refractivity contribution in [1.82, 2.24) is 5.32 Å². The molecule has 0 aliphatic rings. The number of methoxy groups -OCH3 is 2. The zero-order valence-corrected chi connectivity index (χ0v) is 15.1. The van der Waals surface area contributed by atoms with E-state index in [9.17, 15) is 4.79 Å². The van der Waals surface area contributed by atoms with Gasteiger partial charge in [0.05, 0.1) is 24.3 Å². The second-order valence-electron chi connectivity index (χ2n) is 5.14. The van der Waals surface area contributed by atoms with E-state index in [1.165, 1.54) is 0 Å². The van der Waals surface area contributed by atoms with Crippen molar-refractivity contribution in [3.8, 4) is 11.5 Å². The number of hydrogen-bond donors (Lipinski definition) is 1. The van der Waals surface area contributed by atoms with E-state index in [0.717, 1.165) is 11.1 Å². The highest BCUT2D eigenvalue weighted by molar-refractivity contribution is 6.42. The smallest absolute Gasteiger partial charge is 0.220 e. The van der Waals surface area contributed by atoms with Gasteiger partial charge in [-0.25, -0.2) is 0 Å². The molecule has 2 aromatic carbocycles. The Morgan fingerprint density at radius 3 is 2.46 bits per heavy atom. The molecule has 0 aromatic heterocycles. The number of nitrogens with one attached hydrogen (secondary N) is 1. The highest BCUT2D eigenvalue weighted by Crippen LogP contribution is 2.30. The maximum absolute atomic E-state index is 12.1. The second kappa shape index (κ2) is 8.81. The van der Waals surface area contributed by atoms with Crippen molar-refractivity contribution in [2.75, 3.05) is 14.2 Å². The quantitative estimate of drug-likeness (QED) is 0.795. The molecule has 4 nitrogen and oxygen atoms in total. The minimum atomic E-state index is -0.0732. The van der Waals surface area contributed by atoms with Crippen LogP contribution >= 0.6 is 23.2 Å².